The Kier molecular flexibility index (Phi) is 17.9. The summed E-state index contributed by atoms with van der Waals surface area (Å²) < 4.78 is 0. The molecule has 0 spiro atoms. The molecule has 0 unspecified atom stereocenters. The molecule has 20 heteroatoms. The second-order valence-corrected chi connectivity index (χ2v) is 11.2. The molecule has 0 aromatic heterocycles. The largest absolute Gasteiger partial charge is 0.481 e. The molecule has 6 atom stereocenters. The third-order valence-electron chi connectivity index (χ3n) is 7.01. The maximum atomic E-state index is 13.2. The quantitative estimate of drug-likeness (QED) is 0.0532. The molecule has 0 aliphatic carbocycles. The lowest BCUT2D eigenvalue weighted by molar-refractivity contribution is -0.142. The number of benzene rings is 1. The van der Waals surface area contributed by atoms with Gasteiger partial charge in [0.05, 0.1) is 12.5 Å². The van der Waals surface area contributed by atoms with Crippen molar-refractivity contribution < 1.29 is 58.5 Å². The second kappa shape index (κ2) is 21.2. The van der Waals surface area contributed by atoms with E-state index in [1.165, 1.54) is 13.8 Å². The minimum absolute atomic E-state index is 0.0549. The third-order valence-corrected chi connectivity index (χ3v) is 7.01. The first-order chi connectivity index (χ1) is 23.4. The van der Waals surface area contributed by atoms with Crippen LogP contribution >= 0.6 is 0 Å². The first-order valence-electron chi connectivity index (χ1n) is 15.4. The molecule has 7 amide bonds. The summed E-state index contributed by atoms with van der Waals surface area (Å²) >= 11 is 0. The summed E-state index contributed by atoms with van der Waals surface area (Å²) in [5.41, 5.74) is 11.1. The molecule has 20 nitrogen and oxygen atoms in total. The molecule has 0 radical (unpaired) electrons. The number of carbonyl (C=O) groups is 9. The summed E-state index contributed by atoms with van der Waals surface area (Å²) in [6.07, 6.45) is -1.71. The van der Waals surface area contributed by atoms with Gasteiger partial charge >= 0.3 is 23.9 Å². The van der Waals surface area contributed by atoms with Crippen LogP contribution in [0.25, 0.3) is 0 Å². The monoisotopic (exact) mass is 708 g/mol. The van der Waals surface area contributed by atoms with Crippen molar-refractivity contribution in [3.8, 4) is 0 Å². The Morgan fingerprint density at radius 2 is 1.18 bits per heavy atom. The Morgan fingerprint density at radius 3 is 1.72 bits per heavy atom. The van der Waals surface area contributed by atoms with Crippen molar-refractivity contribution in [3.63, 3.8) is 0 Å². The maximum absolute atomic E-state index is 13.2. The van der Waals surface area contributed by atoms with Crippen LogP contribution in [0.5, 0.6) is 0 Å². The number of carboxylic acid groups (broad SMARTS) is 3. The van der Waals surface area contributed by atoms with E-state index in [1.807, 2.05) is 0 Å². The number of rotatable bonds is 22. The Morgan fingerprint density at radius 1 is 0.660 bits per heavy atom. The Bertz CT molecular complexity index is 1390. The van der Waals surface area contributed by atoms with Crippen LogP contribution in [0.3, 0.4) is 0 Å². The van der Waals surface area contributed by atoms with Crippen LogP contribution in [0.1, 0.15) is 51.5 Å². The summed E-state index contributed by atoms with van der Waals surface area (Å²) in [7, 11) is 0. The molecule has 276 valence electrons. The van der Waals surface area contributed by atoms with Gasteiger partial charge in [-0.05, 0) is 38.7 Å². The van der Waals surface area contributed by atoms with Crippen molar-refractivity contribution in [3.05, 3.63) is 35.9 Å². The average Bonchev–Trinajstić information content (AvgIpc) is 3.03. The van der Waals surface area contributed by atoms with E-state index in [0.29, 0.717) is 5.56 Å². The summed E-state index contributed by atoms with van der Waals surface area (Å²) in [6, 6.07) is -0.656. The van der Waals surface area contributed by atoms with Crippen LogP contribution < -0.4 is 43.4 Å². The third kappa shape index (κ3) is 16.4. The average molecular weight is 709 g/mol. The Balaban J connectivity index is 2.96. The number of hydrogen-bond acceptors (Lipinski definition) is 10. The lowest BCUT2D eigenvalue weighted by Gasteiger charge is -2.25. The zero-order chi connectivity index (χ0) is 38.0. The highest BCUT2D eigenvalue weighted by molar-refractivity contribution is 5.96. The number of nitrogens with one attached hydrogen (secondary N) is 6. The van der Waals surface area contributed by atoms with Crippen molar-refractivity contribution in [1.29, 1.82) is 0 Å². The van der Waals surface area contributed by atoms with Gasteiger partial charge in [0.1, 0.15) is 30.2 Å². The number of aliphatic carboxylic acids is 3. The molecule has 1 rings (SSSR count). The molecule has 50 heavy (non-hydrogen) atoms. The molecular weight excluding hydrogens is 664 g/mol. The van der Waals surface area contributed by atoms with Gasteiger partial charge in [0.2, 0.25) is 29.5 Å². The van der Waals surface area contributed by atoms with Crippen molar-refractivity contribution in [2.75, 3.05) is 6.54 Å². The van der Waals surface area contributed by atoms with E-state index in [1.54, 1.807) is 30.3 Å². The smallest absolute Gasteiger partial charge is 0.326 e. The van der Waals surface area contributed by atoms with E-state index in [-0.39, 0.29) is 25.8 Å². The predicted molar refractivity (Wildman–Crippen MR) is 173 cm³/mol. The molecule has 0 bridgehead atoms. The fourth-order valence-corrected chi connectivity index (χ4v) is 4.28. The van der Waals surface area contributed by atoms with Crippen LogP contribution in [0.15, 0.2) is 30.3 Å². The van der Waals surface area contributed by atoms with Gasteiger partial charge < -0.3 is 58.7 Å². The number of carboxylic acids is 3. The predicted octanol–water partition coefficient (Wildman–Crippen LogP) is -3.11. The van der Waals surface area contributed by atoms with E-state index in [4.69, 9.17) is 21.7 Å². The minimum atomic E-state index is -1.54. The molecule has 0 aliphatic rings. The normalized spacial score (nSPS) is 14.2. The van der Waals surface area contributed by atoms with Gasteiger partial charge in [-0.25, -0.2) is 9.59 Å². The van der Waals surface area contributed by atoms with Crippen LogP contribution in [0.2, 0.25) is 0 Å². The number of hydrogen-bond donors (Lipinski definition) is 11. The van der Waals surface area contributed by atoms with Gasteiger partial charge in [-0.1, -0.05) is 30.3 Å². The highest BCUT2D eigenvalue weighted by Gasteiger charge is 2.31. The molecule has 0 saturated heterocycles. The van der Waals surface area contributed by atoms with Gasteiger partial charge in [-0.15, -0.1) is 0 Å². The Hall–Kier alpha value is -5.79. The molecule has 0 saturated carbocycles. The van der Waals surface area contributed by atoms with Crippen molar-refractivity contribution >= 4 is 53.5 Å². The first kappa shape index (κ1) is 42.2. The Labute approximate surface area is 286 Å². The number of amides is 7. The van der Waals surface area contributed by atoms with Gasteiger partial charge in [0, 0.05) is 19.4 Å². The maximum Gasteiger partial charge on any atom is 0.326 e. The zero-order valence-electron chi connectivity index (χ0n) is 27.5. The fraction of sp³-hybridized carbons (Fsp3) is 0.500. The topological polar surface area (TPSA) is 339 Å². The van der Waals surface area contributed by atoms with Crippen LogP contribution in [0.4, 0.5) is 4.79 Å². The van der Waals surface area contributed by atoms with Gasteiger partial charge in [-0.2, -0.15) is 0 Å². The van der Waals surface area contributed by atoms with Gasteiger partial charge in [-0.3, -0.25) is 33.6 Å². The zero-order valence-corrected chi connectivity index (χ0v) is 27.5. The lowest BCUT2D eigenvalue weighted by Crippen LogP contribution is -2.58. The molecule has 13 N–H and O–H groups in total. The standard InChI is InChI=1S/C30H44N8O12/c1-15(35-27(46)19(10-11-22(39)40)36-26(45)18(31)14-23(41)42)24(43)34-16(2)25(44)38-21(13-17-7-4-3-5-8-17)28(47)37-20(29(48)49)9-6-12-33-30(32)50/h3-5,7-8,15-16,18-21H,6,9-14,31H2,1-2H3,(H,34,43)(H,35,46)(H,36,45)(H,37,47)(H,38,44)(H,39,40)(H,41,42)(H,48,49)(H3,32,33,50)/t15-,16-,18-,19-,20-,21-/m0/s1. The summed E-state index contributed by atoms with van der Waals surface area (Å²) in [4.78, 5) is 109. The molecule has 1 aromatic rings. The van der Waals surface area contributed by atoms with Crippen LogP contribution in [-0.2, 0) is 44.8 Å². The number of carbonyl (C=O) groups excluding carboxylic acids is 6. The summed E-state index contributed by atoms with van der Waals surface area (Å²) in [6.45, 7) is 2.58. The summed E-state index contributed by atoms with van der Waals surface area (Å²) in [5, 5.41) is 41.5. The van der Waals surface area contributed by atoms with Gasteiger partial charge in [0.25, 0.3) is 0 Å². The summed E-state index contributed by atoms with van der Waals surface area (Å²) in [5.74, 6) is -8.63. The van der Waals surface area contributed by atoms with E-state index >= 15 is 0 Å². The van der Waals surface area contributed by atoms with Crippen molar-refractivity contribution in [2.24, 2.45) is 11.5 Å². The molecule has 0 heterocycles. The molecule has 0 fully saturated rings. The van der Waals surface area contributed by atoms with E-state index < -0.39 is 109 Å². The number of urea groups is 1. The highest BCUT2D eigenvalue weighted by atomic mass is 16.4. The minimum Gasteiger partial charge on any atom is -0.481 e. The molecule has 0 aliphatic heterocycles. The van der Waals surface area contributed by atoms with Crippen molar-refractivity contribution in [1.82, 2.24) is 31.9 Å². The molecule has 1 aromatic carbocycles. The van der Waals surface area contributed by atoms with Crippen molar-refractivity contribution in [2.45, 2.75) is 88.6 Å². The second-order valence-electron chi connectivity index (χ2n) is 11.2. The lowest BCUT2D eigenvalue weighted by atomic mass is 10.0. The number of primary amides is 1. The van der Waals surface area contributed by atoms with Crippen LogP contribution in [0, 0.1) is 0 Å². The highest BCUT2D eigenvalue weighted by Crippen LogP contribution is 2.07. The molecular formula is C30H44N8O12. The van der Waals surface area contributed by atoms with E-state index in [9.17, 15) is 48.3 Å². The van der Waals surface area contributed by atoms with Gasteiger partial charge in [0.15, 0.2) is 0 Å². The van der Waals surface area contributed by atoms with E-state index in [0.717, 1.165) is 0 Å². The number of nitrogens with two attached hydrogens (primary N) is 2. The fourth-order valence-electron chi connectivity index (χ4n) is 4.28. The van der Waals surface area contributed by atoms with E-state index in [2.05, 4.69) is 31.9 Å². The first-order valence-corrected chi connectivity index (χ1v) is 15.4. The SMILES string of the molecule is C[C@H](NC(=O)[C@H](C)NC(=O)[C@H](CCC(=O)O)NC(=O)[C@@H](N)CC(=O)O)C(=O)N[C@@H](Cc1ccccc1)C(=O)N[C@@H](CCCNC(N)=O)C(=O)O. The van der Waals surface area contributed by atoms with Crippen LogP contribution in [-0.4, -0.2) is 112 Å².